The van der Waals surface area contributed by atoms with E-state index in [4.69, 9.17) is 27.9 Å². The fraction of sp³-hybridized carbons (Fsp3) is 0.742. The van der Waals surface area contributed by atoms with Gasteiger partial charge < -0.3 is 14.5 Å². The molecule has 1 aromatic carbocycles. The van der Waals surface area contributed by atoms with Crippen molar-refractivity contribution in [2.24, 2.45) is 5.92 Å². The van der Waals surface area contributed by atoms with Crippen LogP contribution in [0, 0.1) is 5.92 Å². The molecular weight excluding hydrogens is 533 g/mol. The molecule has 1 atom stereocenters. The molecule has 1 aromatic rings. The molecular formula is C31H45Cl2N3O3. The van der Waals surface area contributed by atoms with Gasteiger partial charge in [-0.25, -0.2) is 4.79 Å². The van der Waals surface area contributed by atoms with E-state index >= 15 is 0 Å². The standard InChI is InChI=1S/C31H45Cl2N3O3/c1-3-4-13-26-31(39-29(38)36(26)22-23-9-6-5-7-10-23)16-20-35(21-17-31)30(2)14-18-34(19-15-30)28(37)27-24(32)11-8-12-25(27)33/h8,11-12,23,26H,3-7,9-10,13-22H2,1-2H3. The van der Waals surface area contributed by atoms with Crippen LogP contribution in [-0.2, 0) is 4.74 Å². The van der Waals surface area contributed by atoms with Crippen LogP contribution in [-0.4, -0.2) is 76.6 Å². The van der Waals surface area contributed by atoms with E-state index in [1.807, 2.05) is 4.90 Å². The highest BCUT2D eigenvalue weighted by molar-refractivity contribution is 6.39. The lowest BCUT2D eigenvalue weighted by Gasteiger charge is -2.51. The van der Waals surface area contributed by atoms with Crippen molar-refractivity contribution in [2.45, 2.75) is 108 Å². The summed E-state index contributed by atoms with van der Waals surface area (Å²) in [6.07, 6.45) is 13.2. The number of carbonyl (C=O) groups is 2. The molecule has 0 aromatic heterocycles. The van der Waals surface area contributed by atoms with E-state index in [1.165, 1.54) is 32.1 Å². The molecule has 6 nitrogen and oxygen atoms in total. The maximum atomic E-state index is 13.2. The summed E-state index contributed by atoms with van der Waals surface area (Å²) in [5, 5.41) is 0.812. The molecule has 0 radical (unpaired) electrons. The quantitative estimate of drug-likeness (QED) is 0.338. The highest BCUT2D eigenvalue weighted by Gasteiger charge is 2.56. The molecule has 0 N–H and O–H groups in total. The lowest BCUT2D eigenvalue weighted by atomic mass is 9.78. The summed E-state index contributed by atoms with van der Waals surface area (Å²) in [6.45, 7) is 8.65. The number of halogens is 2. The smallest absolute Gasteiger partial charge is 0.410 e. The van der Waals surface area contributed by atoms with Crippen molar-refractivity contribution in [1.29, 1.82) is 0 Å². The van der Waals surface area contributed by atoms with Crippen LogP contribution in [0.5, 0.6) is 0 Å². The molecule has 5 rings (SSSR count). The Balaban J connectivity index is 1.21. The minimum atomic E-state index is -0.356. The summed E-state index contributed by atoms with van der Waals surface area (Å²) in [5.74, 6) is 0.540. The summed E-state index contributed by atoms with van der Waals surface area (Å²) in [5.41, 5.74) is 0.0698. The highest BCUT2D eigenvalue weighted by atomic mass is 35.5. The molecule has 1 saturated carbocycles. The molecule has 1 unspecified atom stereocenters. The van der Waals surface area contributed by atoms with Gasteiger partial charge in [0.05, 0.1) is 21.7 Å². The SMILES string of the molecule is CCCCC1N(CC2CCCCC2)C(=O)OC12CCN(C1(C)CCN(C(=O)c3c(Cl)cccc3Cl)CC1)CC2. The largest absolute Gasteiger partial charge is 0.440 e. The molecule has 4 fully saturated rings. The van der Waals surface area contributed by atoms with Crippen molar-refractivity contribution < 1.29 is 14.3 Å². The number of hydrogen-bond donors (Lipinski definition) is 0. The molecule has 1 aliphatic carbocycles. The van der Waals surface area contributed by atoms with Crippen LogP contribution >= 0.6 is 23.2 Å². The topological polar surface area (TPSA) is 53.1 Å². The van der Waals surface area contributed by atoms with E-state index in [2.05, 4.69) is 23.6 Å². The van der Waals surface area contributed by atoms with Crippen molar-refractivity contribution in [2.75, 3.05) is 32.7 Å². The highest BCUT2D eigenvalue weighted by Crippen LogP contribution is 2.44. The van der Waals surface area contributed by atoms with Gasteiger partial charge in [0.25, 0.3) is 5.91 Å². The minimum Gasteiger partial charge on any atom is -0.440 e. The second kappa shape index (κ2) is 12.2. The fourth-order valence-electron chi connectivity index (χ4n) is 7.61. The summed E-state index contributed by atoms with van der Waals surface area (Å²) in [6, 6.07) is 5.40. The Bertz CT molecular complexity index is 1010. The van der Waals surface area contributed by atoms with Gasteiger partial charge in [0.2, 0.25) is 0 Å². The van der Waals surface area contributed by atoms with Gasteiger partial charge in [0, 0.05) is 51.1 Å². The Hall–Kier alpha value is -1.50. The van der Waals surface area contributed by atoms with E-state index in [0.717, 1.165) is 64.6 Å². The predicted octanol–water partition coefficient (Wildman–Crippen LogP) is 7.41. The van der Waals surface area contributed by atoms with Crippen LogP contribution in [0.1, 0.15) is 101 Å². The Morgan fingerprint density at radius 1 is 1.00 bits per heavy atom. The van der Waals surface area contributed by atoms with Crippen molar-refractivity contribution >= 4 is 35.2 Å². The first kappa shape index (κ1) is 29.0. The zero-order chi connectivity index (χ0) is 27.6. The van der Waals surface area contributed by atoms with Gasteiger partial charge in [-0.1, -0.05) is 68.3 Å². The molecule has 216 valence electrons. The number of hydrogen-bond acceptors (Lipinski definition) is 4. The number of piperidine rings is 2. The van der Waals surface area contributed by atoms with Crippen molar-refractivity contribution in [1.82, 2.24) is 14.7 Å². The van der Waals surface area contributed by atoms with Gasteiger partial charge in [-0.15, -0.1) is 0 Å². The molecule has 1 spiro atoms. The van der Waals surface area contributed by atoms with Gasteiger partial charge in [-0.2, -0.15) is 0 Å². The Morgan fingerprint density at radius 3 is 2.26 bits per heavy atom. The second-order valence-corrected chi connectivity index (χ2v) is 13.4. The molecule has 39 heavy (non-hydrogen) atoms. The van der Waals surface area contributed by atoms with E-state index < -0.39 is 0 Å². The number of rotatable bonds is 7. The number of benzene rings is 1. The van der Waals surface area contributed by atoms with Crippen LogP contribution in [0.15, 0.2) is 18.2 Å². The van der Waals surface area contributed by atoms with Crippen LogP contribution in [0.4, 0.5) is 4.79 Å². The summed E-state index contributed by atoms with van der Waals surface area (Å²) in [4.78, 5) is 33.1. The van der Waals surface area contributed by atoms with Crippen LogP contribution < -0.4 is 0 Å². The van der Waals surface area contributed by atoms with Crippen molar-refractivity contribution in [3.8, 4) is 0 Å². The van der Waals surface area contributed by atoms with Gasteiger partial charge >= 0.3 is 6.09 Å². The maximum absolute atomic E-state index is 13.2. The van der Waals surface area contributed by atoms with Crippen LogP contribution in [0.25, 0.3) is 0 Å². The summed E-state index contributed by atoms with van der Waals surface area (Å²) in [7, 11) is 0. The third-order valence-electron chi connectivity index (χ3n) is 10.2. The number of unbranched alkanes of at least 4 members (excludes halogenated alkanes) is 1. The first-order chi connectivity index (χ1) is 18.8. The molecule has 3 saturated heterocycles. The monoisotopic (exact) mass is 577 g/mol. The zero-order valence-corrected chi connectivity index (χ0v) is 25.2. The zero-order valence-electron chi connectivity index (χ0n) is 23.7. The predicted molar refractivity (Wildman–Crippen MR) is 157 cm³/mol. The Kier molecular flexibility index (Phi) is 9.05. The van der Waals surface area contributed by atoms with E-state index in [9.17, 15) is 9.59 Å². The number of likely N-dealkylation sites (tertiary alicyclic amines) is 2. The lowest BCUT2D eigenvalue weighted by Crippen LogP contribution is -2.60. The van der Waals surface area contributed by atoms with Gasteiger partial charge in [0.15, 0.2) is 0 Å². The Morgan fingerprint density at radius 2 is 1.64 bits per heavy atom. The van der Waals surface area contributed by atoms with Crippen LogP contribution in [0.3, 0.4) is 0 Å². The molecule has 2 amide bonds. The average Bonchev–Trinajstić information content (AvgIpc) is 3.17. The summed E-state index contributed by atoms with van der Waals surface area (Å²) >= 11 is 12.6. The van der Waals surface area contributed by atoms with Crippen LogP contribution in [0.2, 0.25) is 10.0 Å². The number of amides is 2. The van der Waals surface area contributed by atoms with Gasteiger partial charge in [0.1, 0.15) is 5.60 Å². The third-order valence-corrected chi connectivity index (χ3v) is 10.8. The first-order valence-corrected chi connectivity index (χ1v) is 16.0. The average molecular weight is 579 g/mol. The number of carbonyl (C=O) groups excluding carboxylic acids is 2. The second-order valence-electron chi connectivity index (χ2n) is 12.6. The van der Waals surface area contributed by atoms with Gasteiger partial charge in [-0.05, 0) is 57.1 Å². The Labute approximate surface area is 244 Å². The van der Waals surface area contributed by atoms with E-state index in [-0.39, 0.29) is 29.2 Å². The number of ether oxygens (including phenoxy) is 1. The molecule has 3 aliphatic heterocycles. The molecule has 4 aliphatic rings. The number of nitrogens with zero attached hydrogens (tertiary/aromatic N) is 3. The van der Waals surface area contributed by atoms with Gasteiger partial charge in [-0.3, -0.25) is 9.69 Å². The minimum absolute atomic E-state index is 0.0198. The molecule has 8 heteroatoms. The third kappa shape index (κ3) is 5.94. The van der Waals surface area contributed by atoms with Crippen molar-refractivity contribution in [3.05, 3.63) is 33.8 Å². The van der Waals surface area contributed by atoms with E-state index in [1.54, 1.807) is 18.2 Å². The van der Waals surface area contributed by atoms with Crippen molar-refractivity contribution in [3.63, 3.8) is 0 Å². The molecule has 3 heterocycles. The van der Waals surface area contributed by atoms with E-state index in [0.29, 0.717) is 34.6 Å². The maximum Gasteiger partial charge on any atom is 0.410 e. The fourth-order valence-corrected chi connectivity index (χ4v) is 8.17. The normalized spacial score (nSPS) is 25.7. The summed E-state index contributed by atoms with van der Waals surface area (Å²) < 4.78 is 6.32. The first-order valence-electron chi connectivity index (χ1n) is 15.2. The molecule has 0 bridgehead atoms. The lowest BCUT2D eigenvalue weighted by molar-refractivity contribution is -0.0601.